The van der Waals surface area contributed by atoms with Crippen LogP contribution in [0.15, 0.2) is 47.4 Å². The van der Waals surface area contributed by atoms with Crippen LogP contribution in [0.5, 0.6) is 0 Å². The van der Waals surface area contributed by atoms with E-state index in [1.165, 1.54) is 30.3 Å². The Labute approximate surface area is 241 Å². The molecule has 1 aliphatic heterocycles. The smallest absolute Gasteiger partial charge is 0.303 e. The van der Waals surface area contributed by atoms with Crippen molar-refractivity contribution in [3.8, 4) is 0 Å². The SMILES string of the molecule is NC(=O)[C@H](CCC(=O)O)N1C(=O)c2cccc(NCCOCCOCCNC(=O)c3ccc(S(N)(=O)=O)cc3)c2C1=O. The number of primary amides is 1. The number of aliphatic carboxylic acids is 1. The monoisotopic (exact) mass is 605 g/mol. The van der Waals surface area contributed by atoms with E-state index in [4.69, 9.17) is 25.5 Å². The van der Waals surface area contributed by atoms with E-state index >= 15 is 0 Å². The van der Waals surface area contributed by atoms with E-state index in [1.807, 2.05) is 0 Å². The van der Waals surface area contributed by atoms with E-state index in [1.54, 1.807) is 12.1 Å². The Kier molecular flexibility index (Phi) is 11.1. The zero-order chi connectivity index (χ0) is 30.9. The van der Waals surface area contributed by atoms with Crippen LogP contribution in [0.1, 0.15) is 43.9 Å². The second-order valence-electron chi connectivity index (χ2n) is 9.04. The molecular formula is C26H31N5O10S. The number of carbonyl (C=O) groups is 5. The first-order valence-electron chi connectivity index (χ1n) is 12.7. The molecule has 16 heteroatoms. The second kappa shape index (κ2) is 14.5. The number of carbonyl (C=O) groups excluding carboxylic acids is 4. The van der Waals surface area contributed by atoms with Crippen molar-refractivity contribution in [3.63, 3.8) is 0 Å². The first-order chi connectivity index (χ1) is 19.9. The highest BCUT2D eigenvalue weighted by Gasteiger charge is 2.43. The molecule has 4 amide bonds. The fourth-order valence-corrected chi connectivity index (χ4v) is 4.62. The van der Waals surface area contributed by atoms with Gasteiger partial charge in [-0.25, -0.2) is 13.6 Å². The maximum Gasteiger partial charge on any atom is 0.303 e. The van der Waals surface area contributed by atoms with Gasteiger partial charge in [-0.1, -0.05) is 6.07 Å². The Morgan fingerprint density at radius 2 is 1.57 bits per heavy atom. The van der Waals surface area contributed by atoms with E-state index in [-0.39, 0.29) is 67.5 Å². The lowest BCUT2D eigenvalue weighted by Gasteiger charge is -2.22. The average Bonchev–Trinajstić information content (AvgIpc) is 3.19. The van der Waals surface area contributed by atoms with Crippen LogP contribution in [0.3, 0.4) is 0 Å². The number of ether oxygens (including phenoxy) is 2. The van der Waals surface area contributed by atoms with Crippen molar-refractivity contribution in [1.29, 1.82) is 0 Å². The fraction of sp³-hybridized carbons (Fsp3) is 0.346. The number of nitrogens with zero attached hydrogens (tertiary/aromatic N) is 1. The van der Waals surface area contributed by atoms with E-state index in [0.29, 0.717) is 10.6 Å². The molecule has 226 valence electrons. The third-order valence-electron chi connectivity index (χ3n) is 6.13. The van der Waals surface area contributed by atoms with Crippen molar-refractivity contribution in [2.75, 3.05) is 44.8 Å². The summed E-state index contributed by atoms with van der Waals surface area (Å²) < 4.78 is 33.4. The minimum Gasteiger partial charge on any atom is -0.481 e. The number of primary sulfonamides is 1. The van der Waals surface area contributed by atoms with Crippen LogP contribution < -0.4 is 21.5 Å². The van der Waals surface area contributed by atoms with E-state index in [0.717, 1.165) is 0 Å². The molecule has 2 aromatic carbocycles. The van der Waals surface area contributed by atoms with Gasteiger partial charge in [0.2, 0.25) is 15.9 Å². The molecule has 0 radical (unpaired) electrons. The molecular weight excluding hydrogens is 574 g/mol. The number of hydrogen-bond acceptors (Lipinski definition) is 10. The van der Waals surface area contributed by atoms with Crippen LogP contribution in [0, 0.1) is 0 Å². The zero-order valence-electron chi connectivity index (χ0n) is 22.4. The molecule has 0 spiro atoms. The van der Waals surface area contributed by atoms with Crippen molar-refractivity contribution in [2.45, 2.75) is 23.8 Å². The van der Waals surface area contributed by atoms with E-state index < -0.39 is 52.1 Å². The first-order valence-corrected chi connectivity index (χ1v) is 14.3. The van der Waals surface area contributed by atoms with Crippen molar-refractivity contribution < 1.29 is 47.0 Å². The molecule has 1 aliphatic rings. The largest absolute Gasteiger partial charge is 0.481 e. The predicted octanol–water partition coefficient (Wildman–Crippen LogP) is -0.476. The summed E-state index contributed by atoms with van der Waals surface area (Å²) in [6, 6.07) is 8.41. The Morgan fingerprint density at radius 1 is 0.929 bits per heavy atom. The lowest BCUT2D eigenvalue weighted by Crippen LogP contribution is -2.48. The molecule has 0 saturated heterocycles. The topological polar surface area (TPSA) is 238 Å². The van der Waals surface area contributed by atoms with Gasteiger partial charge in [-0.3, -0.25) is 28.9 Å². The number of sulfonamides is 1. The fourth-order valence-electron chi connectivity index (χ4n) is 4.11. The maximum atomic E-state index is 13.1. The number of anilines is 1. The van der Waals surface area contributed by atoms with Gasteiger partial charge >= 0.3 is 5.97 Å². The standard InChI is InChI=1S/C26H31N5O10S/c27-23(34)20(8-9-21(32)33)31-25(36)18-2-1-3-19(22(18)26(31)37)29-10-12-40-14-15-41-13-11-30-24(35)16-4-6-17(7-5-16)42(28,38)39/h1-7,20,29H,8-15H2,(H2,27,34)(H,30,35)(H,32,33)(H2,28,38,39)/t20-/m0/s1. The van der Waals surface area contributed by atoms with Gasteiger partial charge in [0.05, 0.1) is 42.4 Å². The average molecular weight is 606 g/mol. The summed E-state index contributed by atoms with van der Waals surface area (Å²) in [5.41, 5.74) is 6.12. The van der Waals surface area contributed by atoms with Gasteiger partial charge < -0.3 is 30.9 Å². The van der Waals surface area contributed by atoms with Gasteiger partial charge in [0.25, 0.3) is 17.7 Å². The zero-order valence-corrected chi connectivity index (χ0v) is 23.2. The molecule has 1 atom stereocenters. The summed E-state index contributed by atoms with van der Waals surface area (Å²) in [6.07, 6.45) is -0.736. The van der Waals surface area contributed by atoms with Crippen LogP contribution in [0.25, 0.3) is 0 Å². The van der Waals surface area contributed by atoms with Crippen LogP contribution in [0.2, 0.25) is 0 Å². The van der Waals surface area contributed by atoms with Crippen molar-refractivity contribution >= 4 is 45.3 Å². The third-order valence-corrected chi connectivity index (χ3v) is 7.06. The molecule has 42 heavy (non-hydrogen) atoms. The molecule has 2 aromatic rings. The molecule has 1 heterocycles. The van der Waals surface area contributed by atoms with Gasteiger partial charge in [-0.2, -0.15) is 0 Å². The molecule has 0 aliphatic carbocycles. The molecule has 15 nitrogen and oxygen atoms in total. The van der Waals surface area contributed by atoms with Crippen molar-refractivity contribution in [3.05, 3.63) is 59.2 Å². The summed E-state index contributed by atoms with van der Waals surface area (Å²) in [6.45, 7) is 1.42. The van der Waals surface area contributed by atoms with Gasteiger partial charge in [-0.05, 0) is 42.8 Å². The summed E-state index contributed by atoms with van der Waals surface area (Å²) in [5, 5.41) is 19.6. The molecule has 0 aromatic heterocycles. The van der Waals surface area contributed by atoms with Crippen LogP contribution in [0.4, 0.5) is 5.69 Å². The third kappa shape index (κ3) is 8.32. The van der Waals surface area contributed by atoms with E-state index in [2.05, 4.69) is 10.6 Å². The Hall–Kier alpha value is -4.38. The van der Waals surface area contributed by atoms with E-state index in [9.17, 15) is 32.4 Å². The summed E-state index contributed by atoms with van der Waals surface area (Å²) in [7, 11) is -3.84. The van der Waals surface area contributed by atoms with Gasteiger partial charge in [0.15, 0.2) is 0 Å². The lowest BCUT2D eigenvalue weighted by molar-refractivity contribution is -0.137. The molecule has 7 N–H and O–H groups in total. The molecule has 0 fully saturated rings. The number of imide groups is 1. The highest BCUT2D eigenvalue weighted by atomic mass is 32.2. The lowest BCUT2D eigenvalue weighted by atomic mass is 10.1. The van der Waals surface area contributed by atoms with Crippen LogP contribution >= 0.6 is 0 Å². The number of benzene rings is 2. The number of carboxylic acids is 1. The number of carboxylic acid groups (broad SMARTS) is 1. The minimum atomic E-state index is -3.84. The number of amides is 4. The number of fused-ring (bicyclic) bond motifs is 1. The minimum absolute atomic E-state index is 0.0646. The quantitative estimate of drug-likeness (QED) is 0.114. The van der Waals surface area contributed by atoms with Crippen molar-refractivity contribution in [2.24, 2.45) is 10.9 Å². The number of rotatable bonds is 17. The maximum absolute atomic E-state index is 13.1. The highest BCUT2D eigenvalue weighted by Crippen LogP contribution is 2.31. The molecule has 3 rings (SSSR count). The number of hydrogen-bond donors (Lipinski definition) is 5. The number of nitrogens with one attached hydrogen (secondary N) is 2. The second-order valence-corrected chi connectivity index (χ2v) is 10.6. The number of nitrogens with two attached hydrogens (primary N) is 2. The summed E-state index contributed by atoms with van der Waals surface area (Å²) in [5.74, 6) is -4.03. The highest BCUT2D eigenvalue weighted by molar-refractivity contribution is 7.89. The summed E-state index contributed by atoms with van der Waals surface area (Å²) >= 11 is 0. The first kappa shape index (κ1) is 32.1. The van der Waals surface area contributed by atoms with Gasteiger partial charge in [0.1, 0.15) is 6.04 Å². The summed E-state index contributed by atoms with van der Waals surface area (Å²) in [4.78, 5) is 61.5. The molecule has 0 bridgehead atoms. The molecule has 0 saturated carbocycles. The van der Waals surface area contributed by atoms with Crippen molar-refractivity contribution in [1.82, 2.24) is 10.2 Å². The Balaban J connectivity index is 1.37. The Morgan fingerprint density at radius 3 is 2.17 bits per heavy atom. The van der Waals surface area contributed by atoms with Crippen LogP contribution in [-0.2, 0) is 29.1 Å². The normalized spacial score (nSPS) is 13.5. The van der Waals surface area contributed by atoms with Gasteiger partial charge in [-0.15, -0.1) is 0 Å². The van der Waals surface area contributed by atoms with Crippen LogP contribution in [-0.4, -0.2) is 93.6 Å². The Bertz CT molecular complexity index is 1450. The van der Waals surface area contributed by atoms with Gasteiger partial charge in [0, 0.05) is 30.8 Å². The predicted molar refractivity (Wildman–Crippen MR) is 147 cm³/mol. The molecule has 0 unspecified atom stereocenters.